The summed E-state index contributed by atoms with van der Waals surface area (Å²) >= 11 is 9.02. The average Bonchev–Trinajstić information content (AvgIpc) is 2.59. The average molecular weight is 413 g/mol. The van der Waals surface area contributed by atoms with Gasteiger partial charge in [-0.1, -0.05) is 0 Å². The van der Waals surface area contributed by atoms with E-state index in [0.717, 1.165) is 26.1 Å². The summed E-state index contributed by atoms with van der Waals surface area (Å²) in [5, 5.41) is 0. The van der Waals surface area contributed by atoms with Crippen LogP contribution in [0.5, 0.6) is 0 Å². The molecule has 0 radical (unpaired) electrons. The van der Waals surface area contributed by atoms with Gasteiger partial charge >= 0.3 is 169 Å². The van der Waals surface area contributed by atoms with Crippen LogP contribution in [-0.2, 0) is 9.05 Å². The van der Waals surface area contributed by atoms with E-state index in [4.69, 9.17) is 9.05 Å². The van der Waals surface area contributed by atoms with Crippen LogP contribution in [0.4, 0.5) is 0 Å². The first-order valence-corrected chi connectivity index (χ1v) is 15.2. The van der Waals surface area contributed by atoms with Gasteiger partial charge in [-0.3, -0.25) is 0 Å². The first kappa shape index (κ1) is 26.1. The Balaban J connectivity index is 3.32. The van der Waals surface area contributed by atoms with Crippen molar-refractivity contribution in [3.8, 4) is 0 Å². The van der Waals surface area contributed by atoms with E-state index in [1.807, 2.05) is 0 Å². The van der Waals surface area contributed by atoms with Gasteiger partial charge in [0.2, 0.25) is 0 Å². The molecular formula is C20H45O2PS2. The predicted octanol–water partition coefficient (Wildman–Crippen LogP) is 8.57. The molecule has 0 aliphatic heterocycles. The van der Waals surface area contributed by atoms with Crippen LogP contribution in [0.2, 0.25) is 0 Å². The van der Waals surface area contributed by atoms with Crippen molar-refractivity contribution in [1.29, 1.82) is 0 Å². The Labute approximate surface area is 169 Å². The van der Waals surface area contributed by atoms with Crippen LogP contribution in [0.1, 0.15) is 117 Å². The molecule has 0 atom stereocenters. The third-order valence-corrected chi connectivity index (χ3v) is 7.29. The monoisotopic (exact) mass is 412 g/mol. The van der Waals surface area contributed by atoms with Crippen LogP contribution in [0.15, 0.2) is 0 Å². The Kier molecular flexibility index (Phi) is 20.6. The minimum atomic E-state index is -2.49. The SMILES string of the molecule is CCCCCCCCCCO[PH](S)(S)OCCCCCCCCCC. The molecule has 0 bridgehead atoms. The first-order chi connectivity index (χ1) is 12.1. The van der Waals surface area contributed by atoms with E-state index < -0.39 is 6.12 Å². The maximum absolute atomic E-state index is 5.79. The van der Waals surface area contributed by atoms with Gasteiger partial charge in [-0.05, 0) is 0 Å². The third-order valence-electron chi connectivity index (χ3n) is 4.58. The summed E-state index contributed by atoms with van der Waals surface area (Å²) in [7, 11) is 0. The predicted molar refractivity (Wildman–Crippen MR) is 123 cm³/mol. The van der Waals surface area contributed by atoms with Gasteiger partial charge in [0.15, 0.2) is 0 Å². The Morgan fingerprint density at radius 2 is 0.760 bits per heavy atom. The maximum atomic E-state index is 5.79. The number of hydrogen-bond acceptors (Lipinski definition) is 4. The van der Waals surface area contributed by atoms with Crippen LogP contribution >= 0.6 is 30.6 Å². The third kappa shape index (κ3) is 21.2. The Morgan fingerprint density at radius 1 is 0.480 bits per heavy atom. The van der Waals surface area contributed by atoms with Crippen LogP contribution in [0.3, 0.4) is 0 Å². The van der Waals surface area contributed by atoms with Gasteiger partial charge in [-0.2, -0.15) is 0 Å². The molecule has 0 aromatic carbocycles. The molecule has 0 unspecified atom stereocenters. The second kappa shape index (κ2) is 19.8. The topological polar surface area (TPSA) is 18.5 Å². The Bertz CT molecular complexity index is 242. The van der Waals surface area contributed by atoms with E-state index in [9.17, 15) is 0 Å². The van der Waals surface area contributed by atoms with E-state index in [1.165, 1.54) is 89.9 Å². The number of unbranched alkanes of at least 4 members (excludes halogenated alkanes) is 14. The molecule has 5 heteroatoms. The first-order valence-electron chi connectivity index (χ1n) is 10.8. The van der Waals surface area contributed by atoms with Crippen LogP contribution in [0, 0.1) is 0 Å². The second-order valence-corrected chi connectivity index (χ2v) is 13.5. The molecule has 0 saturated carbocycles. The molecule has 0 heterocycles. The zero-order chi connectivity index (χ0) is 18.6. The number of rotatable bonds is 20. The van der Waals surface area contributed by atoms with Crippen molar-refractivity contribution in [2.75, 3.05) is 13.2 Å². The summed E-state index contributed by atoms with van der Waals surface area (Å²) in [6.45, 7) is 6.01. The molecule has 0 spiro atoms. The van der Waals surface area contributed by atoms with Crippen molar-refractivity contribution >= 4 is 30.6 Å². The van der Waals surface area contributed by atoms with Crippen LogP contribution < -0.4 is 0 Å². The molecule has 0 aromatic heterocycles. The molecular weight excluding hydrogens is 367 g/mol. The van der Waals surface area contributed by atoms with Gasteiger partial charge in [0.1, 0.15) is 0 Å². The van der Waals surface area contributed by atoms with Gasteiger partial charge in [-0.25, -0.2) is 0 Å². The van der Waals surface area contributed by atoms with Gasteiger partial charge in [-0.15, -0.1) is 0 Å². The zero-order valence-corrected chi connectivity index (χ0v) is 19.7. The summed E-state index contributed by atoms with van der Waals surface area (Å²) in [6, 6.07) is 0. The summed E-state index contributed by atoms with van der Waals surface area (Å²) < 4.78 is 11.6. The molecule has 0 saturated heterocycles. The van der Waals surface area contributed by atoms with Gasteiger partial charge < -0.3 is 0 Å². The molecule has 0 fully saturated rings. The van der Waals surface area contributed by atoms with E-state index >= 15 is 0 Å². The standard InChI is InChI=1S/C20H45O2PS2/c1-3-5-7-9-11-13-15-17-19-21-23(24,25)22-20-18-16-14-12-10-8-6-4-2/h23-25H,3-20H2,1-2H3. The van der Waals surface area contributed by atoms with Crippen LogP contribution in [-0.4, -0.2) is 13.2 Å². The number of hydrogen-bond donors (Lipinski definition) is 2. The van der Waals surface area contributed by atoms with E-state index in [0.29, 0.717) is 0 Å². The Hall–Kier alpha value is 1.05. The fourth-order valence-corrected chi connectivity index (χ4v) is 4.92. The fraction of sp³-hybridized carbons (Fsp3) is 1.00. The molecule has 2 nitrogen and oxygen atoms in total. The molecule has 0 aromatic rings. The Morgan fingerprint density at radius 3 is 1.08 bits per heavy atom. The second-order valence-electron chi connectivity index (χ2n) is 7.20. The molecule has 0 amide bonds. The normalized spacial score (nSPS) is 12.6. The van der Waals surface area contributed by atoms with E-state index in [-0.39, 0.29) is 0 Å². The summed E-state index contributed by atoms with van der Waals surface area (Å²) in [4.78, 5) is 0. The van der Waals surface area contributed by atoms with Crippen molar-refractivity contribution < 1.29 is 9.05 Å². The van der Waals surface area contributed by atoms with E-state index in [2.05, 4.69) is 38.3 Å². The van der Waals surface area contributed by atoms with Crippen molar-refractivity contribution in [2.45, 2.75) is 117 Å². The molecule has 25 heavy (non-hydrogen) atoms. The molecule has 154 valence electrons. The molecule has 0 rings (SSSR count). The van der Waals surface area contributed by atoms with Crippen molar-refractivity contribution in [2.24, 2.45) is 0 Å². The van der Waals surface area contributed by atoms with Crippen LogP contribution in [0.25, 0.3) is 0 Å². The fourth-order valence-electron chi connectivity index (χ4n) is 2.92. The van der Waals surface area contributed by atoms with Crippen molar-refractivity contribution in [3.05, 3.63) is 0 Å². The van der Waals surface area contributed by atoms with Gasteiger partial charge in [0, 0.05) is 0 Å². The van der Waals surface area contributed by atoms with Gasteiger partial charge in [0.05, 0.1) is 0 Å². The quantitative estimate of drug-likeness (QED) is 0.118. The molecule has 0 N–H and O–H groups in total. The summed E-state index contributed by atoms with van der Waals surface area (Å²) in [6.07, 6.45) is 18.5. The molecule has 0 aliphatic carbocycles. The van der Waals surface area contributed by atoms with E-state index in [1.54, 1.807) is 0 Å². The van der Waals surface area contributed by atoms with Gasteiger partial charge in [0.25, 0.3) is 0 Å². The number of thiol groups is 2. The summed E-state index contributed by atoms with van der Waals surface area (Å²) in [5.74, 6) is 0. The van der Waals surface area contributed by atoms with Crippen molar-refractivity contribution in [1.82, 2.24) is 0 Å². The zero-order valence-electron chi connectivity index (χ0n) is 16.9. The minimum absolute atomic E-state index is 0.742. The molecule has 0 aliphatic rings. The summed E-state index contributed by atoms with van der Waals surface area (Å²) in [5.41, 5.74) is 0. The van der Waals surface area contributed by atoms with Crippen molar-refractivity contribution in [3.63, 3.8) is 0 Å².